The number of benzene rings is 9. The third kappa shape index (κ3) is 76.8. The third-order valence-corrected chi connectivity index (χ3v) is 18.9. The molecule has 4 aliphatic rings. The Morgan fingerprint density at radius 2 is 0.521 bits per heavy atom. The maximum atomic E-state index is 12.4. The second-order valence-corrected chi connectivity index (χ2v) is 31.0. The van der Waals surface area contributed by atoms with E-state index in [2.05, 4.69) is 273 Å². The summed E-state index contributed by atoms with van der Waals surface area (Å²) in [7, 11) is 4.07. The van der Waals surface area contributed by atoms with Gasteiger partial charge in [-0.05, 0) is 226 Å². The fourth-order valence-electron chi connectivity index (χ4n) is 10.8. The Bertz CT molecular complexity index is 3300. The van der Waals surface area contributed by atoms with E-state index in [0.717, 1.165) is 35.3 Å². The van der Waals surface area contributed by atoms with Crippen molar-refractivity contribution >= 4 is 0 Å². The number of halogens is 5. The lowest BCUT2D eigenvalue weighted by atomic mass is 9.84. The average Bonchev–Trinajstić information content (AvgIpc) is 0.880. The summed E-state index contributed by atoms with van der Waals surface area (Å²) in [6, 6.07) is 76.7. The van der Waals surface area contributed by atoms with Crippen LogP contribution in [0.5, 0.6) is 0 Å². The molecule has 2 aliphatic heterocycles. The predicted octanol–water partition coefficient (Wildman–Crippen LogP) is 35.1. The normalized spacial score (nSPS) is 14.1. The molecule has 0 atom stereocenters. The quantitative estimate of drug-likeness (QED) is 0.141. The number of alkyl halides is 2. The lowest BCUT2D eigenvalue weighted by molar-refractivity contribution is -0.0504. The van der Waals surface area contributed by atoms with E-state index in [1.807, 2.05) is 86.6 Å². The first-order valence-electron chi connectivity index (χ1n) is 40.1. The summed E-state index contributed by atoms with van der Waals surface area (Å²) in [5.74, 6) is 0.467. The van der Waals surface area contributed by atoms with E-state index < -0.39 is 17.6 Å². The van der Waals surface area contributed by atoms with Gasteiger partial charge in [0.2, 0.25) is 0 Å². The summed E-state index contributed by atoms with van der Waals surface area (Å²) in [4.78, 5) is 8.22. The molecule has 2 saturated heterocycles. The molecule has 9 aromatic carbocycles. The number of likely N-dealkylation sites (tertiary alicyclic amines) is 2. The Labute approximate surface area is 734 Å². The zero-order chi connectivity index (χ0) is 82.1. The van der Waals surface area contributed by atoms with E-state index in [0.29, 0.717) is 18.7 Å². The molecule has 0 spiro atoms. The van der Waals surface area contributed by atoms with Crippen LogP contribution in [0.15, 0.2) is 249 Å². The minimum absolute atomic E-state index is 0. The number of pyridine rings is 1. The van der Waals surface area contributed by atoms with Gasteiger partial charge in [0.05, 0.1) is 0 Å². The van der Waals surface area contributed by atoms with Crippen molar-refractivity contribution in [3.05, 3.63) is 350 Å². The van der Waals surface area contributed by atoms with Gasteiger partial charge in [0, 0.05) is 44.4 Å². The van der Waals surface area contributed by atoms with Crippen LogP contribution in [-0.4, -0.2) is 61.0 Å². The minimum Gasteiger partial charge on any atom is -0.306 e. The van der Waals surface area contributed by atoms with Crippen LogP contribution in [0.25, 0.3) is 0 Å². The lowest BCUT2D eigenvalue weighted by Gasteiger charge is -2.28. The second-order valence-electron chi connectivity index (χ2n) is 31.0. The van der Waals surface area contributed by atoms with E-state index >= 15 is 0 Å². The minimum atomic E-state index is -2.38. The van der Waals surface area contributed by atoms with E-state index in [4.69, 9.17) is 0 Å². The molecular weight excluding hydrogens is 1470 g/mol. The molecule has 3 nitrogen and oxygen atoms in total. The smallest absolute Gasteiger partial charge is 0.250 e. The highest BCUT2D eigenvalue weighted by Gasteiger charge is 2.32. The molecular formula is C111H178F5N3. The van der Waals surface area contributed by atoms with Gasteiger partial charge >= 0.3 is 0 Å². The van der Waals surface area contributed by atoms with Gasteiger partial charge in [-0.2, -0.15) is 0 Å². The van der Waals surface area contributed by atoms with Gasteiger partial charge in [0.15, 0.2) is 0 Å². The fraction of sp³-hybridized carbons (Fsp3) is 0.468. The molecule has 0 bridgehead atoms. The lowest BCUT2D eigenvalue weighted by Crippen LogP contribution is -2.36. The van der Waals surface area contributed by atoms with Crippen molar-refractivity contribution in [1.29, 1.82) is 0 Å². The van der Waals surface area contributed by atoms with Crippen LogP contribution in [0.3, 0.4) is 0 Å². The molecule has 2 aliphatic carbocycles. The number of hydrogen-bond acceptors (Lipinski definition) is 3. The SMILES string of the molecule is C.C.C.C.C.C.C.C.C.CC1CCC(C)CC1.CC1CCCCC1.CC1CCN(C)CC1.CN1CCC(F)(F)CC1.Cc1cc(F)cc(F)c1.Cc1ccc(C)cc1.Cc1ccc(C)cc1.Cc1ccc(C)cc1.Cc1ccc(C)cc1.Cc1cccc(F)c1.Cc1ccccc1.Cc1ccccc1.Cc1ccccc1C.Cc1cccnc1. The number of aromatic nitrogens is 1. The second kappa shape index (κ2) is 78.3. The molecule has 1 aromatic heterocycles. The highest BCUT2D eigenvalue weighted by atomic mass is 19.3. The summed E-state index contributed by atoms with van der Waals surface area (Å²) in [6.07, 6.45) is 19.8. The van der Waals surface area contributed by atoms with Gasteiger partial charge in [-0.25, -0.2) is 22.0 Å². The Morgan fingerprint density at radius 1 is 0.261 bits per heavy atom. The van der Waals surface area contributed by atoms with Crippen LogP contribution in [0.2, 0.25) is 0 Å². The zero-order valence-electron chi connectivity index (χ0n) is 71.7. The standard InChI is InChI=1S/C8H16.5C8H10.C7H6F2.C7H7F.C7H15N.C7H14.2C7H8.C6H11F2N.C6H7N.9CH4/c5*1-7-3-5-8(2)6-4-7;1-7-5-3-4-6-8(7)2;1-5-2-6(8)4-7(9)3-5;1-6-3-2-4-7(8)5-6;1-7-3-5-8(2)6-4-7;3*1-7-5-3-2-4-6-7;1-9-4-2-6(7,8)3-5-9;1-6-3-2-4-7-5-6;;;;;;;;;/h7-8H,3-6H2,1-2H3;5*3-6H,1-2H3;2-4H,1H3;2-5H,1H3;7H,3-6H2,1-2H3;7H,2-6H2,1H3;2*2-6H,1H3;2-5H2,1H3;2-5H,1H3;9*1H4. The van der Waals surface area contributed by atoms with Crippen molar-refractivity contribution in [2.45, 2.75) is 288 Å². The summed E-state index contributed by atoms with van der Waals surface area (Å²) >= 11 is 0. The number of hydrogen-bond donors (Lipinski definition) is 0. The van der Waals surface area contributed by atoms with Crippen molar-refractivity contribution in [2.75, 3.05) is 40.3 Å². The highest BCUT2D eigenvalue weighted by Crippen LogP contribution is 2.28. The molecule has 4 fully saturated rings. The molecule has 8 heteroatoms. The first kappa shape index (κ1) is 129. The Balaban J connectivity index is -0.000000156. The van der Waals surface area contributed by atoms with Gasteiger partial charge in [-0.15, -0.1) is 0 Å². The van der Waals surface area contributed by atoms with Gasteiger partial charge in [0.1, 0.15) is 17.5 Å². The zero-order valence-corrected chi connectivity index (χ0v) is 71.7. The Morgan fingerprint density at radius 3 is 0.723 bits per heavy atom. The largest absolute Gasteiger partial charge is 0.306 e. The number of nitrogens with zero attached hydrogens (tertiary/aromatic N) is 3. The Kier molecular flexibility index (Phi) is 84.7. The predicted molar refractivity (Wildman–Crippen MR) is 530 cm³/mol. The third-order valence-electron chi connectivity index (χ3n) is 18.9. The van der Waals surface area contributed by atoms with Gasteiger partial charge in [-0.3, -0.25) is 4.98 Å². The topological polar surface area (TPSA) is 19.4 Å². The maximum Gasteiger partial charge on any atom is 0.250 e. The average molecular weight is 1650 g/mol. The van der Waals surface area contributed by atoms with E-state index in [-0.39, 0.29) is 85.5 Å². The monoisotopic (exact) mass is 1650 g/mol. The summed E-state index contributed by atoms with van der Waals surface area (Å²) < 4.78 is 61.2. The number of piperidine rings is 2. The van der Waals surface area contributed by atoms with Crippen LogP contribution in [0.4, 0.5) is 22.0 Å². The molecule has 119 heavy (non-hydrogen) atoms. The molecule has 10 aromatic rings. The van der Waals surface area contributed by atoms with Gasteiger partial charge in [0.25, 0.3) is 5.92 Å². The van der Waals surface area contributed by atoms with Crippen LogP contribution >= 0.6 is 0 Å². The van der Waals surface area contributed by atoms with Crippen molar-refractivity contribution in [1.82, 2.24) is 14.8 Å². The fourth-order valence-corrected chi connectivity index (χ4v) is 10.8. The molecule has 14 rings (SSSR count). The molecule has 3 heterocycles. The summed E-state index contributed by atoms with van der Waals surface area (Å²) in [6.45, 7) is 43.8. The van der Waals surface area contributed by atoms with Gasteiger partial charge in [-0.1, -0.05) is 408 Å². The summed E-state index contributed by atoms with van der Waals surface area (Å²) in [5.41, 5.74) is 18.8. The van der Waals surface area contributed by atoms with E-state index in [9.17, 15) is 22.0 Å². The molecule has 0 N–H and O–H groups in total. The van der Waals surface area contributed by atoms with Crippen molar-refractivity contribution in [3.63, 3.8) is 0 Å². The first-order chi connectivity index (χ1) is 52.2. The number of aryl methyl sites for hydroxylation is 15. The molecule has 0 radical (unpaired) electrons. The molecule has 0 unspecified atom stereocenters. The van der Waals surface area contributed by atoms with Crippen molar-refractivity contribution in [3.8, 4) is 0 Å². The van der Waals surface area contributed by atoms with E-state index in [1.165, 1.54) is 180 Å². The van der Waals surface area contributed by atoms with Gasteiger partial charge < -0.3 is 9.80 Å². The van der Waals surface area contributed by atoms with E-state index in [1.54, 1.807) is 19.2 Å². The Hall–Kier alpha value is -8.30. The van der Waals surface area contributed by atoms with Crippen molar-refractivity contribution in [2.24, 2.45) is 23.7 Å². The van der Waals surface area contributed by atoms with Crippen LogP contribution in [0.1, 0.15) is 261 Å². The van der Waals surface area contributed by atoms with Crippen LogP contribution in [-0.2, 0) is 0 Å². The van der Waals surface area contributed by atoms with Crippen LogP contribution < -0.4 is 0 Å². The number of rotatable bonds is 0. The molecule has 2 saturated carbocycles. The molecule has 0 amide bonds. The summed E-state index contributed by atoms with van der Waals surface area (Å²) in [5, 5.41) is 0. The van der Waals surface area contributed by atoms with Crippen molar-refractivity contribution < 1.29 is 22.0 Å². The molecule has 672 valence electrons. The van der Waals surface area contributed by atoms with Crippen LogP contribution in [0, 0.1) is 145 Å². The first-order valence-corrected chi connectivity index (χ1v) is 40.1. The maximum absolute atomic E-state index is 12.4. The highest BCUT2D eigenvalue weighted by molar-refractivity contribution is 5.25.